The van der Waals surface area contributed by atoms with Crippen molar-refractivity contribution in [2.45, 2.75) is 32.7 Å². The molecule has 0 radical (unpaired) electrons. The highest BCUT2D eigenvalue weighted by atomic mass is 16.5. The Balaban J connectivity index is 1.65. The van der Waals surface area contributed by atoms with Gasteiger partial charge in [-0.3, -0.25) is 4.79 Å². The number of benzene rings is 2. The molecule has 1 amide bonds. The van der Waals surface area contributed by atoms with Crippen molar-refractivity contribution in [1.82, 2.24) is 5.32 Å². The number of amides is 1. The first-order valence-corrected chi connectivity index (χ1v) is 8.84. The highest BCUT2D eigenvalue weighted by molar-refractivity contribution is 5.86. The Morgan fingerprint density at radius 3 is 2.56 bits per heavy atom. The molecular formula is C21H23NO5. The molecule has 2 N–H and O–H groups in total. The zero-order chi connectivity index (χ0) is 19.6. The van der Waals surface area contributed by atoms with E-state index in [0.717, 1.165) is 28.0 Å². The van der Waals surface area contributed by atoms with E-state index in [2.05, 4.69) is 5.32 Å². The van der Waals surface area contributed by atoms with E-state index in [1.807, 2.05) is 45.0 Å². The normalized spacial score (nSPS) is 16.2. The van der Waals surface area contributed by atoms with Gasteiger partial charge in [0.2, 0.25) is 5.91 Å². The topological polar surface area (TPSA) is 84.9 Å². The first-order valence-electron chi connectivity index (χ1n) is 8.84. The summed E-state index contributed by atoms with van der Waals surface area (Å²) >= 11 is 0. The molecule has 0 saturated carbocycles. The molecule has 6 nitrogen and oxygen atoms in total. The Hall–Kier alpha value is -3.02. The van der Waals surface area contributed by atoms with Gasteiger partial charge >= 0.3 is 5.97 Å². The summed E-state index contributed by atoms with van der Waals surface area (Å²) in [6.45, 7) is 5.92. The van der Waals surface area contributed by atoms with Crippen molar-refractivity contribution in [1.29, 1.82) is 0 Å². The van der Waals surface area contributed by atoms with Crippen molar-refractivity contribution in [3.63, 3.8) is 0 Å². The second-order valence-electron chi connectivity index (χ2n) is 6.82. The molecule has 142 valence electrons. The predicted molar refractivity (Wildman–Crippen MR) is 100 cm³/mol. The molecule has 2 aromatic rings. The average molecular weight is 369 g/mol. The lowest BCUT2D eigenvalue weighted by Gasteiger charge is -2.18. The number of ether oxygens (including phenoxy) is 2. The van der Waals surface area contributed by atoms with E-state index in [1.165, 1.54) is 0 Å². The standard InChI is InChI=1S/C21H23NO5/c1-12-8-17-18(10-27-19(17)9-13(12)2)21(25)22-14(3)15-4-6-16(7-5-15)26-11-20(23)24/h4-9,14,18H,10-11H2,1-3H3,(H,22,25)(H,23,24). The Morgan fingerprint density at radius 1 is 1.22 bits per heavy atom. The van der Waals surface area contributed by atoms with Crippen LogP contribution in [0.25, 0.3) is 0 Å². The smallest absolute Gasteiger partial charge is 0.341 e. The molecular weight excluding hydrogens is 346 g/mol. The minimum Gasteiger partial charge on any atom is -0.492 e. The van der Waals surface area contributed by atoms with Gasteiger partial charge in [-0.25, -0.2) is 4.79 Å². The van der Waals surface area contributed by atoms with E-state index in [-0.39, 0.29) is 24.5 Å². The predicted octanol–water partition coefficient (Wildman–Crippen LogP) is 3.12. The second kappa shape index (κ2) is 7.70. The quantitative estimate of drug-likeness (QED) is 0.817. The number of fused-ring (bicyclic) bond motifs is 1. The van der Waals surface area contributed by atoms with Crippen molar-refractivity contribution in [2.75, 3.05) is 13.2 Å². The third kappa shape index (κ3) is 4.22. The Morgan fingerprint density at radius 2 is 1.89 bits per heavy atom. The first kappa shape index (κ1) is 18.8. The Bertz CT molecular complexity index is 860. The lowest BCUT2D eigenvalue weighted by atomic mass is 9.96. The number of carboxylic acid groups (broad SMARTS) is 1. The van der Waals surface area contributed by atoms with Crippen molar-refractivity contribution in [3.05, 3.63) is 58.7 Å². The van der Waals surface area contributed by atoms with Crippen LogP contribution in [-0.4, -0.2) is 30.2 Å². The minimum absolute atomic E-state index is 0.0734. The fourth-order valence-corrected chi connectivity index (χ4v) is 3.08. The van der Waals surface area contributed by atoms with Gasteiger partial charge in [0.15, 0.2) is 6.61 Å². The fourth-order valence-electron chi connectivity index (χ4n) is 3.08. The molecule has 2 atom stereocenters. The minimum atomic E-state index is -1.02. The van der Waals surface area contributed by atoms with Crippen LogP contribution in [0.1, 0.15) is 41.1 Å². The van der Waals surface area contributed by atoms with Gasteiger partial charge in [-0.05, 0) is 55.7 Å². The van der Waals surface area contributed by atoms with Crippen LogP contribution in [0.4, 0.5) is 0 Å². The van der Waals surface area contributed by atoms with Gasteiger partial charge < -0.3 is 19.9 Å². The van der Waals surface area contributed by atoms with Crippen LogP contribution in [0, 0.1) is 13.8 Å². The molecule has 0 saturated heterocycles. The highest BCUT2D eigenvalue weighted by Gasteiger charge is 2.31. The maximum atomic E-state index is 12.8. The molecule has 0 aliphatic carbocycles. The van der Waals surface area contributed by atoms with Crippen molar-refractivity contribution in [2.24, 2.45) is 0 Å². The molecule has 0 fully saturated rings. The first-order chi connectivity index (χ1) is 12.8. The molecule has 1 aliphatic heterocycles. The van der Waals surface area contributed by atoms with Gasteiger partial charge in [0.05, 0.1) is 6.04 Å². The number of aliphatic carboxylic acids is 1. The lowest BCUT2D eigenvalue weighted by Crippen LogP contribution is -2.32. The third-order valence-corrected chi connectivity index (χ3v) is 4.82. The van der Waals surface area contributed by atoms with Crippen molar-refractivity contribution < 1.29 is 24.2 Å². The largest absolute Gasteiger partial charge is 0.492 e. The zero-order valence-electron chi connectivity index (χ0n) is 15.6. The van der Waals surface area contributed by atoms with E-state index in [4.69, 9.17) is 14.6 Å². The van der Waals surface area contributed by atoms with Crippen LogP contribution in [-0.2, 0) is 9.59 Å². The lowest BCUT2D eigenvalue weighted by molar-refractivity contribution is -0.139. The Labute approximate surface area is 158 Å². The van der Waals surface area contributed by atoms with Crippen molar-refractivity contribution in [3.8, 4) is 11.5 Å². The summed E-state index contributed by atoms with van der Waals surface area (Å²) in [7, 11) is 0. The van der Waals surface area contributed by atoms with Crippen molar-refractivity contribution >= 4 is 11.9 Å². The van der Waals surface area contributed by atoms with E-state index < -0.39 is 5.97 Å². The maximum Gasteiger partial charge on any atom is 0.341 e. The molecule has 1 aliphatic rings. The van der Waals surface area contributed by atoms with Gasteiger partial charge in [-0.2, -0.15) is 0 Å². The molecule has 2 unspecified atom stereocenters. The zero-order valence-corrected chi connectivity index (χ0v) is 15.6. The number of carbonyl (C=O) groups is 2. The van der Waals surface area contributed by atoms with Gasteiger partial charge in [-0.15, -0.1) is 0 Å². The monoisotopic (exact) mass is 369 g/mol. The number of rotatable bonds is 6. The molecule has 0 bridgehead atoms. The number of hydrogen-bond acceptors (Lipinski definition) is 4. The summed E-state index contributed by atoms with van der Waals surface area (Å²) in [5.74, 6) is -0.158. The van der Waals surface area contributed by atoms with E-state index in [0.29, 0.717) is 12.4 Å². The van der Waals surface area contributed by atoms with Crippen LogP contribution in [0.3, 0.4) is 0 Å². The molecule has 0 aromatic heterocycles. The summed E-state index contributed by atoms with van der Waals surface area (Å²) < 4.78 is 10.8. The van der Waals surface area contributed by atoms with Gasteiger partial charge in [0.25, 0.3) is 0 Å². The Kier molecular flexibility index (Phi) is 5.35. The van der Waals surface area contributed by atoms with Crippen LogP contribution in [0.15, 0.2) is 36.4 Å². The maximum absolute atomic E-state index is 12.8. The summed E-state index contributed by atoms with van der Waals surface area (Å²) in [5.41, 5.74) is 4.13. The summed E-state index contributed by atoms with van der Waals surface area (Å²) in [6, 6.07) is 10.8. The number of nitrogens with one attached hydrogen (secondary N) is 1. The second-order valence-corrected chi connectivity index (χ2v) is 6.82. The summed E-state index contributed by atoms with van der Waals surface area (Å²) in [4.78, 5) is 23.3. The third-order valence-electron chi connectivity index (χ3n) is 4.82. The molecule has 2 aromatic carbocycles. The van der Waals surface area contributed by atoms with Crippen LogP contribution < -0.4 is 14.8 Å². The van der Waals surface area contributed by atoms with E-state index >= 15 is 0 Å². The molecule has 6 heteroatoms. The fraction of sp³-hybridized carbons (Fsp3) is 0.333. The molecule has 27 heavy (non-hydrogen) atoms. The summed E-state index contributed by atoms with van der Waals surface area (Å²) in [6.07, 6.45) is 0. The van der Waals surface area contributed by atoms with Gasteiger partial charge in [0.1, 0.15) is 24.0 Å². The molecule has 3 rings (SSSR count). The van der Waals surface area contributed by atoms with Crippen LogP contribution in [0.2, 0.25) is 0 Å². The highest BCUT2D eigenvalue weighted by Crippen LogP contribution is 2.36. The van der Waals surface area contributed by atoms with E-state index in [9.17, 15) is 9.59 Å². The number of hydrogen-bond donors (Lipinski definition) is 2. The number of carboxylic acids is 1. The number of carbonyl (C=O) groups excluding carboxylic acids is 1. The van der Waals surface area contributed by atoms with Crippen LogP contribution >= 0.6 is 0 Å². The summed E-state index contributed by atoms with van der Waals surface area (Å²) in [5, 5.41) is 11.7. The van der Waals surface area contributed by atoms with Gasteiger partial charge in [-0.1, -0.05) is 18.2 Å². The van der Waals surface area contributed by atoms with Gasteiger partial charge in [0, 0.05) is 5.56 Å². The molecule has 0 spiro atoms. The average Bonchev–Trinajstić information content (AvgIpc) is 3.03. The van der Waals surface area contributed by atoms with Crippen LogP contribution in [0.5, 0.6) is 11.5 Å². The molecule has 1 heterocycles. The van der Waals surface area contributed by atoms with E-state index in [1.54, 1.807) is 12.1 Å². The SMILES string of the molecule is Cc1cc2c(cc1C)C(C(=O)NC(C)c1ccc(OCC(=O)O)cc1)CO2. The number of aryl methyl sites for hydroxylation is 2.